The van der Waals surface area contributed by atoms with Gasteiger partial charge in [0.25, 0.3) is 0 Å². The maximum Gasteiger partial charge on any atom is 0.336 e. The van der Waals surface area contributed by atoms with Crippen molar-refractivity contribution < 1.29 is 32.9 Å². The third-order valence-corrected chi connectivity index (χ3v) is 5.66. The van der Waals surface area contributed by atoms with E-state index in [0.29, 0.717) is 39.8 Å². The summed E-state index contributed by atoms with van der Waals surface area (Å²) in [4.78, 5) is 27.2. The number of carbonyl (C=O) groups is 2. The average Bonchev–Trinajstić information content (AvgIpc) is 3.15. The molecule has 0 unspecified atom stereocenters. The van der Waals surface area contributed by atoms with Crippen LogP contribution in [0.1, 0.15) is 17.9 Å². The van der Waals surface area contributed by atoms with Gasteiger partial charge in [-0.05, 0) is 35.9 Å². The first-order chi connectivity index (χ1) is 14.9. The molecule has 2 heterocycles. The van der Waals surface area contributed by atoms with E-state index in [1.54, 1.807) is 12.1 Å². The van der Waals surface area contributed by atoms with Crippen LogP contribution in [0.2, 0.25) is 5.02 Å². The van der Waals surface area contributed by atoms with E-state index in [1.165, 1.54) is 44.4 Å². The van der Waals surface area contributed by atoms with Gasteiger partial charge in [0.15, 0.2) is 11.5 Å². The monoisotopic (exact) mass is 447 g/mol. The van der Waals surface area contributed by atoms with Gasteiger partial charge in [0.05, 0.1) is 43.3 Å². The molecule has 0 saturated carbocycles. The smallest absolute Gasteiger partial charge is 0.336 e. The van der Waals surface area contributed by atoms with Crippen LogP contribution in [0.15, 0.2) is 41.6 Å². The lowest BCUT2D eigenvalue weighted by Gasteiger charge is -2.32. The Labute approximate surface area is 182 Å². The second kappa shape index (κ2) is 8.11. The summed E-state index contributed by atoms with van der Waals surface area (Å²) >= 11 is 5.91. The van der Waals surface area contributed by atoms with E-state index in [1.807, 2.05) is 0 Å². The first kappa shape index (κ1) is 21.0. The summed E-state index contributed by atoms with van der Waals surface area (Å²) in [7, 11) is 4.47. The van der Waals surface area contributed by atoms with E-state index in [4.69, 9.17) is 30.5 Å². The topological polar surface area (TPSA) is 74.3 Å². The molecule has 2 aliphatic heterocycles. The second-order valence-corrected chi connectivity index (χ2v) is 7.39. The minimum atomic E-state index is -0.599. The van der Waals surface area contributed by atoms with Crippen molar-refractivity contribution in [1.82, 2.24) is 0 Å². The quantitative estimate of drug-likeness (QED) is 0.648. The Hall–Kier alpha value is -3.26. The van der Waals surface area contributed by atoms with Crippen molar-refractivity contribution in [3.8, 4) is 17.2 Å². The van der Waals surface area contributed by atoms with Crippen LogP contribution in [0.3, 0.4) is 0 Å². The lowest BCUT2D eigenvalue weighted by atomic mass is 9.83. The highest BCUT2D eigenvalue weighted by molar-refractivity contribution is 6.31. The minimum absolute atomic E-state index is 0.0123. The lowest BCUT2D eigenvalue weighted by molar-refractivity contribution is -0.136. The Kier molecular flexibility index (Phi) is 5.49. The van der Waals surface area contributed by atoms with Crippen molar-refractivity contribution >= 4 is 29.2 Å². The van der Waals surface area contributed by atoms with E-state index in [-0.39, 0.29) is 24.0 Å². The Morgan fingerprint density at radius 1 is 1.06 bits per heavy atom. The third kappa shape index (κ3) is 3.46. The summed E-state index contributed by atoms with van der Waals surface area (Å²) in [5.41, 5.74) is 1.77. The van der Waals surface area contributed by atoms with E-state index in [9.17, 15) is 14.0 Å². The number of amides is 1. The molecule has 7 nitrogen and oxygen atoms in total. The van der Waals surface area contributed by atoms with Gasteiger partial charge in [-0.3, -0.25) is 9.69 Å². The highest BCUT2D eigenvalue weighted by Crippen LogP contribution is 2.46. The van der Waals surface area contributed by atoms with Gasteiger partial charge in [0, 0.05) is 12.3 Å². The Balaban J connectivity index is 1.85. The predicted octanol–water partition coefficient (Wildman–Crippen LogP) is 3.84. The number of rotatable bonds is 5. The SMILES string of the molecule is COc1cc([C@@H]2CC(=O)N(c3ccc(F)c(Cl)c3)C3=C2C(=O)OC3)cc(OC)c1OC. The molecule has 0 bridgehead atoms. The van der Waals surface area contributed by atoms with Crippen molar-refractivity contribution in [2.45, 2.75) is 12.3 Å². The molecule has 4 rings (SSSR count). The number of hydrogen-bond acceptors (Lipinski definition) is 6. The number of hydrogen-bond donors (Lipinski definition) is 0. The van der Waals surface area contributed by atoms with Crippen molar-refractivity contribution in [3.63, 3.8) is 0 Å². The standard InChI is InChI=1S/C22H19ClFNO6/c1-28-17-6-11(7-18(29-2)21(17)30-3)13-9-19(26)25(16-10-31-22(27)20(13)16)12-4-5-15(24)14(23)8-12/h4-8,13H,9-10H2,1-3H3/t13-/m0/s1. The van der Waals surface area contributed by atoms with E-state index < -0.39 is 17.7 Å². The fourth-order valence-corrected chi connectivity index (χ4v) is 4.14. The molecule has 9 heteroatoms. The van der Waals surface area contributed by atoms with Gasteiger partial charge in [-0.1, -0.05) is 11.6 Å². The van der Waals surface area contributed by atoms with Crippen LogP contribution in [0.5, 0.6) is 17.2 Å². The van der Waals surface area contributed by atoms with Gasteiger partial charge in [-0.15, -0.1) is 0 Å². The number of esters is 1. The predicted molar refractivity (Wildman–Crippen MR) is 110 cm³/mol. The van der Waals surface area contributed by atoms with Gasteiger partial charge >= 0.3 is 5.97 Å². The molecule has 1 amide bonds. The number of ether oxygens (including phenoxy) is 4. The molecule has 2 aliphatic rings. The van der Waals surface area contributed by atoms with Crippen molar-refractivity contribution in [3.05, 3.63) is 58.0 Å². The summed E-state index contributed by atoms with van der Waals surface area (Å²) in [6, 6.07) is 7.38. The summed E-state index contributed by atoms with van der Waals surface area (Å²) in [5, 5.41) is -0.121. The van der Waals surface area contributed by atoms with Crippen molar-refractivity contribution in [1.29, 1.82) is 0 Å². The summed E-state index contributed by atoms with van der Waals surface area (Å²) < 4.78 is 35.1. The molecule has 0 saturated heterocycles. The van der Waals surface area contributed by atoms with Crippen LogP contribution < -0.4 is 19.1 Å². The van der Waals surface area contributed by atoms with Crippen LogP contribution in [-0.2, 0) is 14.3 Å². The van der Waals surface area contributed by atoms with Crippen molar-refractivity contribution in [2.75, 3.05) is 32.8 Å². The fourth-order valence-electron chi connectivity index (χ4n) is 3.97. The van der Waals surface area contributed by atoms with Crippen LogP contribution in [0, 0.1) is 5.82 Å². The second-order valence-electron chi connectivity index (χ2n) is 6.98. The molecule has 0 fully saturated rings. The van der Waals surface area contributed by atoms with Crippen LogP contribution in [-0.4, -0.2) is 39.8 Å². The summed E-state index contributed by atoms with van der Waals surface area (Å²) in [6.07, 6.45) is -0.0123. The molecule has 0 aliphatic carbocycles. The maximum absolute atomic E-state index is 13.6. The first-order valence-corrected chi connectivity index (χ1v) is 9.75. The van der Waals surface area contributed by atoms with Crippen LogP contribution >= 0.6 is 11.6 Å². The molecular formula is C22H19ClFNO6. The normalized spacial score (nSPS) is 18.1. The molecule has 162 valence electrons. The molecule has 1 atom stereocenters. The Bertz CT molecular complexity index is 1090. The van der Waals surface area contributed by atoms with Crippen LogP contribution in [0.4, 0.5) is 10.1 Å². The zero-order chi connectivity index (χ0) is 22.3. The number of methoxy groups -OCH3 is 3. The molecule has 0 radical (unpaired) electrons. The summed E-state index contributed by atoms with van der Waals surface area (Å²) in [5.74, 6) is -0.743. The Morgan fingerprint density at radius 3 is 2.32 bits per heavy atom. The molecule has 2 aromatic rings. The molecule has 31 heavy (non-hydrogen) atoms. The van der Waals surface area contributed by atoms with E-state index in [2.05, 4.69) is 0 Å². The average molecular weight is 448 g/mol. The summed E-state index contributed by atoms with van der Waals surface area (Å²) in [6.45, 7) is -0.0736. The molecule has 2 aromatic carbocycles. The zero-order valence-corrected chi connectivity index (χ0v) is 17.8. The maximum atomic E-state index is 13.6. The highest BCUT2D eigenvalue weighted by Gasteiger charge is 2.43. The third-order valence-electron chi connectivity index (χ3n) is 5.37. The van der Waals surface area contributed by atoms with E-state index >= 15 is 0 Å². The number of halogens is 2. The number of nitrogens with zero attached hydrogens (tertiary/aromatic N) is 1. The number of carbonyl (C=O) groups excluding carboxylic acids is 2. The van der Waals surface area contributed by atoms with Gasteiger partial charge in [0.2, 0.25) is 11.7 Å². The largest absolute Gasteiger partial charge is 0.493 e. The zero-order valence-electron chi connectivity index (χ0n) is 17.0. The highest BCUT2D eigenvalue weighted by atomic mass is 35.5. The number of cyclic esters (lactones) is 1. The van der Waals surface area contributed by atoms with Gasteiger partial charge in [-0.2, -0.15) is 0 Å². The van der Waals surface area contributed by atoms with Crippen molar-refractivity contribution in [2.24, 2.45) is 0 Å². The van der Waals surface area contributed by atoms with Gasteiger partial charge in [-0.25, -0.2) is 9.18 Å². The Morgan fingerprint density at radius 2 is 1.74 bits per heavy atom. The van der Waals surface area contributed by atoms with Crippen LogP contribution in [0.25, 0.3) is 0 Å². The first-order valence-electron chi connectivity index (χ1n) is 9.37. The lowest BCUT2D eigenvalue weighted by Crippen LogP contribution is -2.37. The molecular weight excluding hydrogens is 429 g/mol. The molecule has 0 spiro atoms. The number of benzene rings is 2. The molecule has 0 N–H and O–H groups in total. The van der Waals surface area contributed by atoms with E-state index in [0.717, 1.165) is 0 Å². The van der Waals surface area contributed by atoms with Gasteiger partial charge < -0.3 is 18.9 Å². The number of anilines is 1. The minimum Gasteiger partial charge on any atom is -0.493 e. The van der Waals surface area contributed by atoms with Gasteiger partial charge in [0.1, 0.15) is 12.4 Å². The molecule has 0 aromatic heterocycles. The fraction of sp³-hybridized carbons (Fsp3) is 0.273.